The molecule has 0 saturated carbocycles. The van der Waals surface area contributed by atoms with E-state index in [2.05, 4.69) is 191 Å². The molecule has 0 unspecified atom stereocenters. The van der Waals surface area contributed by atoms with Crippen molar-refractivity contribution in [2.24, 2.45) is 0 Å². The van der Waals surface area contributed by atoms with Gasteiger partial charge in [-0.3, -0.25) is 4.98 Å². The summed E-state index contributed by atoms with van der Waals surface area (Å²) in [4.78, 5) is 7.04. The van der Waals surface area contributed by atoms with E-state index in [0.29, 0.717) is 0 Å². The Morgan fingerprint density at radius 2 is 1.08 bits per heavy atom. The molecule has 244 valence electrons. The normalized spacial score (nSPS) is 11.8. The van der Waals surface area contributed by atoms with Crippen molar-refractivity contribution < 1.29 is 0 Å². The first kappa shape index (κ1) is 29.9. The summed E-state index contributed by atoms with van der Waals surface area (Å²) in [6.07, 6.45) is 6.17. The van der Waals surface area contributed by atoms with Gasteiger partial charge in [-0.2, -0.15) is 0 Å². The molecule has 10 rings (SSSR count). The van der Waals surface area contributed by atoms with Gasteiger partial charge >= 0.3 is 0 Å². The Morgan fingerprint density at radius 1 is 0.423 bits per heavy atom. The minimum atomic E-state index is 0.911. The first-order valence-corrected chi connectivity index (χ1v) is 17.7. The summed E-state index contributed by atoms with van der Waals surface area (Å²) in [5.41, 5.74) is 11.3. The number of aromatic nitrogens is 2. The molecule has 3 heteroatoms. The molecule has 0 bridgehead atoms. The predicted octanol–water partition coefficient (Wildman–Crippen LogP) is 13.2. The highest BCUT2D eigenvalue weighted by atomic mass is 15.1. The Balaban J connectivity index is 0.960. The van der Waals surface area contributed by atoms with Crippen LogP contribution in [0.15, 0.2) is 188 Å². The Morgan fingerprint density at radius 3 is 1.83 bits per heavy atom. The first-order valence-electron chi connectivity index (χ1n) is 17.7. The molecule has 0 aliphatic rings. The van der Waals surface area contributed by atoms with Crippen LogP contribution in [0.1, 0.15) is 11.3 Å². The maximum absolute atomic E-state index is 4.82. The zero-order valence-electron chi connectivity index (χ0n) is 28.4. The third kappa shape index (κ3) is 5.19. The van der Waals surface area contributed by atoms with Crippen molar-refractivity contribution in [2.75, 3.05) is 4.90 Å². The maximum Gasteiger partial charge on any atom is 0.0645 e. The van der Waals surface area contributed by atoms with Crippen LogP contribution in [0.2, 0.25) is 0 Å². The lowest BCUT2D eigenvalue weighted by Crippen LogP contribution is -2.09. The number of para-hydroxylation sites is 3. The zero-order valence-corrected chi connectivity index (χ0v) is 28.4. The topological polar surface area (TPSA) is 21.1 Å². The van der Waals surface area contributed by atoms with Crippen LogP contribution in [-0.2, 0) is 0 Å². The highest BCUT2D eigenvalue weighted by Gasteiger charge is 2.18. The van der Waals surface area contributed by atoms with Crippen LogP contribution in [-0.4, -0.2) is 9.55 Å². The molecule has 0 radical (unpaired) electrons. The van der Waals surface area contributed by atoms with Crippen molar-refractivity contribution >= 4 is 72.6 Å². The second-order valence-corrected chi connectivity index (χ2v) is 13.3. The summed E-state index contributed by atoms with van der Waals surface area (Å²) in [5.74, 6) is 0. The Bertz CT molecular complexity index is 2830. The zero-order chi connectivity index (χ0) is 34.4. The van der Waals surface area contributed by atoms with Crippen LogP contribution < -0.4 is 4.90 Å². The van der Waals surface area contributed by atoms with Crippen LogP contribution in [0.3, 0.4) is 0 Å². The van der Waals surface area contributed by atoms with Crippen molar-refractivity contribution in [1.29, 1.82) is 0 Å². The smallest absolute Gasteiger partial charge is 0.0645 e. The summed E-state index contributed by atoms with van der Waals surface area (Å²) in [7, 11) is 0. The largest absolute Gasteiger partial charge is 0.309 e. The molecule has 10 aromatic rings. The Labute approximate surface area is 302 Å². The van der Waals surface area contributed by atoms with Crippen LogP contribution in [0, 0.1) is 0 Å². The fourth-order valence-corrected chi connectivity index (χ4v) is 7.67. The number of anilines is 3. The van der Waals surface area contributed by atoms with Gasteiger partial charge in [0.05, 0.1) is 28.6 Å². The molecule has 0 saturated heterocycles. The molecular weight excluding hydrogens is 631 g/mol. The van der Waals surface area contributed by atoms with E-state index in [1.807, 2.05) is 18.3 Å². The molecule has 0 aliphatic carbocycles. The number of benzene rings is 8. The van der Waals surface area contributed by atoms with Gasteiger partial charge in [-0.1, -0.05) is 109 Å². The van der Waals surface area contributed by atoms with Crippen molar-refractivity contribution in [3.63, 3.8) is 0 Å². The lowest BCUT2D eigenvalue weighted by Gasteiger charge is -2.25. The molecule has 3 nitrogen and oxygen atoms in total. The highest BCUT2D eigenvalue weighted by Crippen LogP contribution is 2.41. The van der Waals surface area contributed by atoms with E-state index in [9.17, 15) is 0 Å². The van der Waals surface area contributed by atoms with Gasteiger partial charge < -0.3 is 9.47 Å². The summed E-state index contributed by atoms with van der Waals surface area (Å²) >= 11 is 0. The predicted molar refractivity (Wildman–Crippen MR) is 220 cm³/mol. The van der Waals surface area contributed by atoms with Crippen LogP contribution >= 0.6 is 0 Å². The molecule has 2 heterocycles. The summed E-state index contributed by atoms with van der Waals surface area (Å²) in [6, 6.07) is 65.1. The maximum atomic E-state index is 4.82. The number of hydrogen-bond donors (Lipinski definition) is 0. The second kappa shape index (κ2) is 12.4. The van der Waals surface area contributed by atoms with E-state index in [4.69, 9.17) is 4.98 Å². The molecule has 2 aromatic heterocycles. The molecule has 0 aliphatic heterocycles. The fraction of sp³-hybridized carbons (Fsp3) is 0. The summed E-state index contributed by atoms with van der Waals surface area (Å²) in [5, 5.41) is 7.62. The number of rotatable bonds is 7. The minimum absolute atomic E-state index is 0.911. The fourth-order valence-electron chi connectivity index (χ4n) is 7.67. The highest BCUT2D eigenvalue weighted by molar-refractivity contribution is 6.25. The monoisotopic (exact) mass is 663 g/mol. The van der Waals surface area contributed by atoms with Gasteiger partial charge in [-0.25, -0.2) is 0 Å². The molecule has 0 atom stereocenters. The van der Waals surface area contributed by atoms with Crippen molar-refractivity contribution in [3.8, 4) is 16.8 Å². The first-order chi connectivity index (χ1) is 25.8. The van der Waals surface area contributed by atoms with E-state index in [1.165, 1.54) is 60.2 Å². The standard InChI is InChI=1S/C49H33N3/c1-4-12-42(13-5-1)51(43-14-6-2-7-15-43)45-28-27-41(50-33-45)26-20-34-19-21-37-30-38(24-23-36(37)29-34)40-31-39-25-22-35-11-10-18-46-48(35)49(39)47(32-40)52(46)44-16-8-3-9-17-44/h1-33H. The SMILES string of the molecule is C(=Cc1ccc(N(c2ccccc2)c2ccccc2)cn1)c1ccc2cc(-c3cc4ccc5cccc6c5c4c(c3)n6-c3ccccc3)ccc2c1. The molecule has 0 amide bonds. The van der Waals surface area contributed by atoms with Crippen molar-refractivity contribution in [1.82, 2.24) is 9.55 Å². The van der Waals surface area contributed by atoms with Gasteiger partial charge in [-0.15, -0.1) is 0 Å². The molecule has 0 spiro atoms. The van der Waals surface area contributed by atoms with E-state index in [0.717, 1.165) is 28.3 Å². The Kier molecular flexibility index (Phi) is 7.14. The van der Waals surface area contributed by atoms with Crippen molar-refractivity contribution in [3.05, 3.63) is 199 Å². The number of hydrogen-bond acceptors (Lipinski definition) is 2. The van der Waals surface area contributed by atoms with Gasteiger partial charge in [0.1, 0.15) is 0 Å². The lowest BCUT2D eigenvalue weighted by molar-refractivity contribution is 1.18. The van der Waals surface area contributed by atoms with Crippen LogP contribution in [0.25, 0.3) is 72.3 Å². The average molecular weight is 664 g/mol. The van der Waals surface area contributed by atoms with Crippen LogP contribution in [0.5, 0.6) is 0 Å². The van der Waals surface area contributed by atoms with E-state index >= 15 is 0 Å². The van der Waals surface area contributed by atoms with Gasteiger partial charge in [0, 0.05) is 27.8 Å². The quantitative estimate of drug-likeness (QED) is 0.158. The Hall–Kier alpha value is -6.97. The number of nitrogens with zero attached hydrogens (tertiary/aromatic N) is 3. The second-order valence-electron chi connectivity index (χ2n) is 13.3. The average Bonchev–Trinajstić information content (AvgIpc) is 3.56. The summed E-state index contributed by atoms with van der Waals surface area (Å²) in [6.45, 7) is 0. The molecule has 52 heavy (non-hydrogen) atoms. The molecular formula is C49H33N3. The van der Waals surface area contributed by atoms with Gasteiger partial charge in [0.15, 0.2) is 0 Å². The summed E-state index contributed by atoms with van der Waals surface area (Å²) < 4.78 is 2.42. The van der Waals surface area contributed by atoms with E-state index in [1.54, 1.807) is 0 Å². The number of pyridine rings is 1. The van der Waals surface area contributed by atoms with Gasteiger partial charge in [0.2, 0.25) is 0 Å². The van der Waals surface area contributed by atoms with Gasteiger partial charge in [-0.05, 0) is 123 Å². The lowest BCUT2D eigenvalue weighted by atomic mass is 9.95. The number of fused-ring (bicyclic) bond motifs is 1. The van der Waals surface area contributed by atoms with Crippen LogP contribution in [0.4, 0.5) is 17.1 Å². The third-order valence-electron chi connectivity index (χ3n) is 10.1. The van der Waals surface area contributed by atoms with E-state index in [-0.39, 0.29) is 0 Å². The molecule has 8 aromatic carbocycles. The molecule has 0 fully saturated rings. The third-order valence-corrected chi connectivity index (χ3v) is 10.1. The van der Waals surface area contributed by atoms with Crippen molar-refractivity contribution in [2.45, 2.75) is 0 Å². The van der Waals surface area contributed by atoms with E-state index < -0.39 is 0 Å². The minimum Gasteiger partial charge on any atom is -0.309 e. The molecule has 0 N–H and O–H groups in total. The van der Waals surface area contributed by atoms with Gasteiger partial charge in [0.25, 0.3) is 0 Å².